The average molecular weight is 333 g/mol. The van der Waals surface area contributed by atoms with Gasteiger partial charge >= 0.3 is 5.97 Å². The van der Waals surface area contributed by atoms with Crippen molar-refractivity contribution in [3.05, 3.63) is 77.1 Å². The second-order valence-electron chi connectivity index (χ2n) is 5.93. The molecule has 3 rings (SSSR count). The van der Waals surface area contributed by atoms with Crippen LogP contribution >= 0.6 is 0 Å². The molecule has 0 fully saturated rings. The maximum absolute atomic E-state index is 11.3. The topological polar surface area (TPSA) is 56.3 Å². The molecule has 0 aliphatic rings. The fourth-order valence-corrected chi connectivity index (χ4v) is 2.99. The molecule has 0 unspecified atom stereocenters. The van der Waals surface area contributed by atoms with Gasteiger partial charge in [0.2, 0.25) is 0 Å². The molecular weight excluding hydrogens is 314 g/mol. The van der Waals surface area contributed by atoms with E-state index in [2.05, 4.69) is 23.2 Å². The lowest BCUT2D eigenvalue weighted by atomic mass is 9.96. The van der Waals surface area contributed by atoms with Crippen LogP contribution in [0, 0.1) is 0 Å². The van der Waals surface area contributed by atoms with Crippen LogP contribution < -0.4 is 0 Å². The summed E-state index contributed by atoms with van der Waals surface area (Å²) in [6, 6.07) is 14.2. The lowest BCUT2D eigenvalue weighted by molar-refractivity contribution is -0.140. The van der Waals surface area contributed by atoms with Crippen molar-refractivity contribution < 1.29 is 14.3 Å². The van der Waals surface area contributed by atoms with E-state index in [0.29, 0.717) is 18.4 Å². The highest BCUT2D eigenvalue weighted by Gasteiger charge is 2.07. The molecule has 0 atom stereocenters. The van der Waals surface area contributed by atoms with Crippen molar-refractivity contribution in [1.82, 2.24) is 4.98 Å². The first-order chi connectivity index (χ1) is 12.2. The number of esters is 1. The summed E-state index contributed by atoms with van der Waals surface area (Å²) in [5, 5.41) is 1.91. The Morgan fingerprint density at radius 1 is 1.08 bits per heavy atom. The highest BCUT2D eigenvalue weighted by Crippen LogP contribution is 2.23. The monoisotopic (exact) mass is 333 g/mol. The highest BCUT2D eigenvalue weighted by atomic mass is 16.5. The van der Waals surface area contributed by atoms with E-state index in [4.69, 9.17) is 4.74 Å². The third-order valence-electron chi connectivity index (χ3n) is 4.28. The standard InChI is InChI=1S/C21H19NO3/c1-25-21(24)9-8-15-4-2-5-16(10-15)11-17-6-3-7-19-18(14-23)12-22-13-20(17)19/h2-7,10,12-14H,8-9,11H2,1H3. The van der Waals surface area contributed by atoms with Gasteiger partial charge in [-0.15, -0.1) is 0 Å². The molecule has 0 saturated heterocycles. The lowest BCUT2D eigenvalue weighted by Gasteiger charge is -2.09. The first-order valence-corrected chi connectivity index (χ1v) is 8.16. The molecule has 4 heteroatoms. The van der Waals surface area contributed by atoms with Crippen LogP contribution in [0.3, 0.4) is 0 Å². The molecule has 0 aliphatic carbocycles. The number of hydrogen-bond donors (Lipinski definition) is 0. The number of nitrogens with zero attached hydrogens (tertiary/aromatic N) is 1. The summed E-state index contributed by atoms with van der Waals surface area (Å²) in [6.45, 7) is 0. The van der Waals surface area contributed by atoms with Crippen molar-refractivity contribution in [2.45, 2.75) is 19.3 Å². The van der Waals surface area contributed by atoms with Gasteiger partial charge in [0.15, 0.2) is 6.29 Å². The summed E-state index contributed by atoms with van der Waals surface area (Å²) in [7, 11) is 1.40. The van der Waals surface area contributed by atoms with Crippen molar-refractivity contribution >= 4 is 23.0 Å². The van der Waals surface area contributed by atoms with Crippen molar-refractivity contribution in [2.24, 2.45) is 0 Å². The zero-order valence-corrected chi connectivity index (χ0v) is 14.1. The predicted molar refractivity (Wildman–Crippen MR) is 96.7 cm³/mol. The lowest BCUT2D eigenvalue weighted by Crippen LogP contribution is -2.02. The van der Waals surface area contributed by atoms with E-state index in [1.165, 1.54) is 7.11 Å². The fraction of sp³-hybridized carbons (Fsp3) is 0.190. The summed E-state index contributed by atoms with van der Waals surface area (Å²) in [4.78, 5) is 26.7. The number of aldehydes is 1. The molecular formula is C21H19NO3. The molecule has 0 N–H and O–H groups in total. The number of fused-ring (bicyclic) bond motifs is 1. The van der Waals surface area contributed by atoms with Crippen molar-refractivity contribution in [1.29, 1.82) is 0 Å². The van der Waals surface area contributed by atoms with Gasteiger partial charge < -0.3 is 4.74 Å². The van der Waals surface area contributed by atoms with E-state index in [-0.39, 0.29) is 5.97 Å². The normalized spacial score (nSPS) is 10.6. The smallest absolute Gasteiger partial charge is 0.305 e. The SMILES string of the molecule is COC(=O)CCc1cccc(Cc2cccc3c(C=O)cncc23)c1. The van der Waals surface area contributed by atoms with E-state index in [1.807, 2.05) is 24.3 Å². The van der Waals surface area contributed by atoms with Gasteiger partial charge in [-0.05, 0) is 34.9 Å². The molecule has 1 aromatic heterocycles. The van der Waals surface area contributed by atoms with Crippen LogP contribution in [0.4, 0.5) is 0 Å². The minimum absolute atomic E-state index is 0.202. The Labute approximate surface area is 146 Å². The minimum Gasteiger partial charge on any atom is -0.469 e. The number of carbonyl (C=O) groups is 2. The molecule has 4 nitrogen and oxygen atoms in total. The molecule has 25 heavy (non-hydrogen) atoms. The van der Waals surface area contributed by atoms with Gasteiger partial charge in [-0.1, -0.05) is 42.5 Å². The average Bonchev–Trinajstić information content (AvgIpc) is 2.66. The van der Waals surface area contributed by atoms with E-state index in [0.717, 1.165) is 40.2 Å². The molecule has 0 saturated carbocycles. The summed E-state index contributed by atoms with van der Waals surface area (Å²) in [5.74, 6) is -0.202. The van der Waals surface area contributed by atoms with Gasteiger partial charge in [0.25, 0.3) is 0 Å². The first-order valence-electron chi connectivity index (χ1n) is 8.16. The van der Waals surface area contributed by atoms with Crippen molar-refractivity contribution in [3.63, 3.8) is 0 Å². The van der Waals surface area contributed by atoms with Crippen LogP contribution in [0.2, 0.25) is 0 Å². The zero-order chi connectivity index (χ0) is 17.6. The number of aromatic nitrogens is 1. The molecule has 0 amide bonds. The van der Waals surface area contributed by atoms with Crippen molar-refractivity contribution in [2.75, 3.05) is 7.11 Å². The molecule has 0 bridgehead atoms. The molecule has 3 aromatic rings. The number of hydrogen-bond acceptors (Lipinski definition) is 4. The van der Waals surface area contributed by atoms with Crippen LogP contribution in [0.1, 0.15) is 33.5 Å². The maximum atomic E-state index is 11.3. The van der Waals surface area contributed by atoms with Gasteiger partial charge in [-0.25, -0.2) is 0 Å². The van der Waals surface area contributed by atoms with Crippen LogP contribution in [-0.2, 0) is 22.4 Å². The summed E-state index contributed by atoms with van der Waals surface area (Å²) in [5.41, 5.74) is 3.99. The zero-order valence-electron chi connectivity index (χ0n) is 14.1. The van der Waals surface area contributed by atoms with Crippen LogP contribution in [0.15, 0.2) is 54.9 Å². The van der Waals surface area contributed by atoms with E-state index < -0.39 is 0 Å². The van der Waals surface area contributed by atoms with Crippen LogP contribution in [0.5, 0.6) is 0 Å². The second-order valence-corrected chi connectivity index (χ2v) is 5.93. The molecule has 1 heterocycles. The Bertz CT molecular complexity index is 918. The Hall–Kier alpha value is -3.01. The van der Waals surface area contributed by atoms with E-state index in [9.17, 15) is 9.59 Å². The largest absolute Gasteiger partial charge is 0.469 e. The Kier molecular flexibility index (Phi) is 5.19. The number of aryl methyl sites for hydroxylation is 1. The van der Waals surface area contributed by atoms with Gasteiger partial charge in [0, 0.05) is 29.8 Å². The Morgan fingerprint density at radius 3 is 2.68 bits per heavy atom. The van der Waals surface area contributed by atoms with Crippen LogP contribution in [-0.4, -0.2) is 24.3 Å². The van der Waals surface area contributed by atoms with Crippen LogP contribution in [0.25, 0.3) is 10.8 Å². The third-order valence-corrected chi connectivity index (χ3v) is 4.28. The summed E-state index contributed by atoms with van der Waals surface area (Å²) >= 11 is 0. The van der Waals surface area contributed by atoms with Gasteiger partial charge in [-0.3, -0.25) is 14.6 Å². The number of benzene rings is 2. The quantitative estimate of drug-likeness (QED) is 0.509. The van der Waals surface area contributed by atoms with E-state index >= 15 is 0 Å². The maximum Gasteiger partial charge on any atom is 0.305 e. The third kappa shape index (κ3) is 3.91. The minimum atomic E-state index is -0.202. The molecule has 0 radical (unpaired) electrons. The molecule has 0 spiro atoms. The van der Waals surface area contributed by atoms with Crippen molar-refractivity contribution in [3.8, 4) is 0 Å². The first kappa shape index (κ1) is 16.8. The molecule has 126 valence electrons. The predicted octanol–water partition coefficient (Wildman–Crippen LogP) is 3.74. The number of methoxy groups -OCH3 is 1. The Balaban J connectivity index is 1.87. The molecule has 2 aromatic carbocycles. The summed E-state index contributed by atoms with van der Waals surface area (Å²) < 4.78 is 4.69. The van der Waals surface area contributed by atoms with E-state index in [1.54, 1.807) is 12.4 Å². The number of rotatable bonds is 6. The van der Waals surface area contributed by atoms with Gasteiger partial charge in [0.05, 0.1) is 7.11 Å². The van der Waals surface area contributed by atoms with Gasteiger partial charge in [-0.2, -0.15) is 0 Å². The van der Waals surface area contributed by atoms with Gasteiger partial charge in [0.1, 0.15) is 0 Å². The number of carbonyl (C=O) groups excluding carboxylic acids is 2. The second kappa shape index (κ2) is 7.71. The number of pyridine rings is 1. The Morgan fingerprint density at radius 2 is 1.88 bits per heavy atom. The summed E-state index contributed by atoms with van der Waals surface area (Å²) in [6.07, 6.45) is 6.01. The number of ether oxygens (including phenoxy) is 1. The highest BCUT2D eigenvalue weighted by molar-refractivity contribution is 5.98. The molecule has 0 aliphatic heterocycles. The fourth-order valence-electron chi connectivity index (χ4n) is 2.99.